The van der Waals surface area contributed by atoms with Crippen LogP contribution in [0.2, 0.25) is 0 Å². The van der Waals surface area contributed by atoms with Crippen LogP contribution in [0.3, 0.4) is 0 Å². The smallest absolute Gasteiger partial charge is 0.245 e. The van der Waals surface area contributed by atoms with Crippen molar-refractivity contribution in [3.05, 3.63) is 23.9 Å². The molecule has 86 valence electrons. The van der Waals surface area contributed by atoms with Crippen LogP contribution in [0.15, 0.2) is 18.3 Å². The number of aromatic nitrogens is 3. The van der Waals surface area contributed by atoms with Crippen LogP contribution in [-0.2, 0) is 0 Å². The summed E-state index contributed by atoms with van der Waals surface area (Å²) in [5.74, 6) is 0.749. The zero-order chi connectivity index (χ0) is 11.5. The average Bonchev–Trinajstić information content (AvgIpc) is 2.68. The molecule has 0 aliphatic rings. The highest BCUT2D eigenvalue weighted by Crippen LogP contribution is 2.10. The maximum absolute atomic E-state index is 5.48. The molecule has 0 unspecified atom stereocenters. The van der Waals surface area contributed by atoms with Crippen LogP contribution in [0.1, 0.15) is 12.0 Å². The maximum atomic E-state index is 5.48. The van der Waals surface area contributed by atoms with Gasteiger partial charge in [-0.05, 0) is 37.6 Å². The molecule has 0 fully saturated rings. The van der Waals surface area contributed by atoms with Gasteiger partial charge >= 0.3 is 0 Å². The average molecular weight is 219 g/mol. The Morgan fingerprint density at radius 1 is 1.50 bits per heavy atom. The summed E-state index contributed by atoms with van der Waals surface area (Å²) in [7, 11) is 1.98. The highest BCUT2D eigenvalue weighted by molar-refractivity contribution is 5.45. The number of hydrogen-bond acceptors (Lipinski definition) is 4. The van der Waals surface area contributed by atoms with Crippen LogP contribution < -0.4 is 10.6 Å². The molecule has 2 aromatic rings. The molecule has 5 nitrogen and oxygen atoms in total. The summed E-state index contributed by atoms with van der Waals surface area (Å²) in [4.78, 5) is 6.49. The number of nitrogens with two attached hydrogens (primary N) is 1. The molecule has 2 heterocycles. The fourth-order valence-electron chi connectivity index (χ4n) is 1.56. The second kappa shape index (κ2) is 4.49. The number of fused-ring (bicyclic) bond motifs is 1. The molecule has 0 aliphatic heterocycles. The van der Waals surface area contributed by atoms with Gasteiger partial charge in [0.2, 0.25) is 5.95 Å². The van der Waals surface area contributed by atoms with E-state index in [1.807, 2.05) is 37.2 Å². The van der Waals surface area contributed by atoms with Crippen molar-refractivity contribution in [3.8, 4) is 0 Å². The van der Waals surface area contributed by atoms with Crippen LogP contribution in [-0.4, -0.2) is 34.7 Å². The van der Waals surface area contributed by atoms with Gasteiger partial charge in [0.15, 0.2) is 5.65 Å². The number of pyridine rings is 1. The second-order valence-electron chi connectivity index (χ2n) is 3.98. The van der Waals surface area contributed by atoms with Gasteiger partial charge in [-0.25, -0.2) is 4.52 Å². The standard InChI is InChI=1S/C11H17N5/c1-9-4-7-16-10(8-9)13-11(14-16)15(2)6-3-5-12/h4,7-8H,3,5-6,12H2,1-2H3. The van der Waals surface area contributed by atoms with E-state index in [9.17, 15) is 0 Å². The van der Waals surface area contributed by atoms with E-state index in [0.717, 1.165) is 24.6 Å². The molecule has 0 bridgehead atoms. The van der Waals surface area contributed by atoms with Gasteiger partial charge in [0, 0.05) is 19.8 Å². The topological polar surface area (TPSA) is 59.5 Å². The minimum atomic E-state index is 0.691. The Hall–Kier alpha value is -1.62. The van der Waals surface area contributed by atoms with E-state index >= 15 is 0 Å². The van der Waals surface area contributed by atoms with Gasteiger partial charge in [0.05, 0.1) is 0 Å². The molecule has 0 saturated heterocycles. The van der Waals surface area contributed by atoms with Gasteiger partial charge < -0.3 is 10.6 Å². The van der Waals surface area contributed by atoms with Crippen molar-refractivity contribution in [2.75, 3.05) is 25.0 Å². The number of nitrogens with zero attached hydrogens (tertiary/aromatic N) is 4. The van der Waals surface area contributed by atoms with E-state index in [-0.39, 0.29) is 0 Å². The van der Waals surface area contributed by atoms with E-state index < -0.39 is 0 Å². The van der Waals surface area contributed by atoms with Crippen LogP contribution >= 0.6 is 0 Å². The molecule has 2 aromatic heterocycles. The summed E-state index contributed by atoms with van der Waals surface area (Å²) in [5, 5.41) is 4.40. The monoisotopic (exact) mass is 219 g/mol. The Kier molecular flexibility index (Phi) is 3.05. The van der Waals surface area contributed by atoms with Gasteiger partial charge in [0.25, 0.3) is 0 Å². The molecule has 0 spiro atoms. The third-order valence-corrected chi connectivity index (χ3v) is 2.52. The van der Waals surface area contributed by atoms with Crippen molar-refractivity contribution in [2.24, 2.45) is 5.73 Å². The lowest BCUT2D eigenvalue weighted by molar-refractivity contribution is 0.772. The predicted molar refractivity (Wildman–Crippen MR) is 64.7 cm³/mol. The lowest BCUT2D eigenvalue weighted by atomic mass is 10.3. The Morgan fingerprint density at radius 3 is 3.06 bits per heavy atom. The molecular formula is C11H17N5. The van der Waals surface area contributed by atoms with Crippen molar-refractivity contribution in [1.82, 2.24) is 14.6 Å². The molecule has 0 aliphatic carbocycles. The molecule has 2 rings (SSSR count). The number of aryl methyl sites for hydroxylation is 1. The van der Waals surface area contributed by atoms with Crippen molar-refractivity contribution >= 4 is 11.6 Å². The maximum Gasteiger partial charge on any atom is 0.245 e. The third kappa shape index (κ3) is 2.14. The molecular weight excluding hydrogens is 202 g/mol. The molecule has 5 heteroatoms. The zero-order valence-electron chi connectivity index (χ0n) is 9.72. The first kappa shape index (κ1) is 10.9. The van der Waals surface area contributed by atoms with Crippen LogP contribution in [0.4, 0.5) is 5.95 Å². The Morgan fingerprint density at radius 2 is 2.31 bits per heavy atom. The quantitative estimate of drug-likeness (QED) is 0.827. The van der Waals surface area contributed by atoms with Crippen molar-refractivity contribution in [3.63, 3.8) is 0 Å². The molecule has 0 atom stereocenters. The summed E-state index contributed by atoms with van der Waals surface area (Å²) in [6, 6.07) is 4.04. The first-order valence-electron chi connectivity index (χ1n) is 5.45. The first-order valence-corrected chi connectivity index (χ1v) is 5.45. The summed E-state index contributed by atoms with van der Waals surface area (Å²) >= 11 is 0. The number of anilines is 1. The van der Waals surface area contributed by atoms with Gasteiger partial charge in [-0.15, -0.1) is 5.10 Å². The highest BCUT2D eigenvalue weighted by atomic mass is 15.4. The molecule has 0 saturated carbocycles. The molecule has 16 heavy (non-hydrogen) atoms. The lowest BCUT2D eigenvalue weighted by Gasteiger charge is -2.12. The summed E-state index contributed by atoms with van der Waals surface area (Å²) in [6.45, 7) is 3.62. The van der Waals surface area contributed by atoms with Crippen LogP contribution in [0, 0.1) is 6.92 Å². The summed E-state index contributed by atoms with van der Waals surface area (Å²) < 4.78 is 1.79. The third-order valence-electron chi connectivity index (χ3n) is 2.52. The Labute approximate surface area is 94.9 Å². The fourth-order valence-corrected chi connectivity index (χ4v) is 1.56. The van der Waals surface area contributed by atoms with E-state index in [2.05, 4.69) is 10.1 Å². The minimum absolute atomic E-state index is 0.691. The normalized spacial score (nSPS) is 10.9. The van der Waals surface area contributed by atoms with E-state index in [1.165, 1.54) is 5.56 Å². The van der Waals surface area contributed by atoms with Gasteiger partial charge in [0.1, 0.15) is 0 Å². The molecule has 0 amide bonds. The van der Waals surface area contributed by atoms with Gasteiger partial charge in [-0.3, -0.25) is 0 Å². The predicted octanol–water partition coefficient (Wildman–Crippen LogP) is 0.823. The number of rotatable bonds is 4. The van der Waals surface area contributed by atoms with Crippen molar-refractivity contribution in [1.29, 1.82) is 0 Å². The van der Waals surface area contributed by atoms with Crippen molar-refractivity contribution in [2.45, 2.75) is 13.3 Å². The largest absolute Gasteiger partial charge is 0.343 e. The lowest BCUT2D eigenvalue weighted by Crippen LogP contribution is -2.22. The summed E-state index contributed by atoms with van der Waals surface area (Å²) in [6.07, 6.45) is 2.88. The summed E-state index contributed by atoms with van der Waals surface area (Å²) in [5.41, 5.74) is 7.55. The highest BCUT2D eigenvalue weighted by Gasteiger charge is 2.07. The van der Waals surface area contributed by atoms with Gasteiger partial charge in [-0.2, -0.15) is 4.98 Å². The SMILES string of the molecule is Cc1ccn2nc(N(C)CCCN)nc2c1. The van der Waals surface area contributed by atoms with Gasteiger partial charge in [-0.1, -0.05) is 0 Å². The van der Waals surface area contributed by atoms with E-state index in [4.69, 9.17) is 5.73 Å². The molecule has 0 aromatic carbocycles. The molecule has 0 radical (unpaired) electrons. The van der Waals surface area contributed by atoms with Crippen LogP contribution in [0.5, 0.6) is 0 Å². The first-order chi connectivity index (χ1) is 7.70. The van der Waals surface area contributed by atoms with E-state index in [1.54, 1.807) is 4.52 Å². The molecule has 2 N–H and O–H groups in total. The Balaban J connectivity index is 2.25. The van der Waals surface area contributed by atoms with Crippen LogP contribution in [0.25, 0.3) is 5.65 Å². The zero-order valence-corrected chi connectivity index (χ0v) is 9.72. The number of hydrogen-bond donors (Lipinski definition) is 1. The van der Waals surface area contributed by atoms with Crippen molar-refractivity contribution < 1.29 is 0 Å². The Bertz CT molecular complexity index is 476. The minimum Gasteiger partial charge on any atom is -0.343 e. The second-order valence-corrected chi connectivity index (χ2v) is 3.98. The fraction of sp³-hybridized carbons (Fsp3) is 0.455. The van der Waals surface area contributed by atoms with E-state index in [0.29, 0.717) is 6.54 Å².